The summed E-state index contributed by atoms with van der Waals surface area (Å²) in [6.07, 6.45) is 3.45. The van der Waals surface area contributed by atoms with Crippen molar-refractivity contribution >= 4 is 37.8 Å². The number of nitrogens with zero attached hydrogens (tertiary/aromatic N) is 1. The molecule has 82 valence electrons. The predicted octanol–water partition coefficient (Wildman–Crippen LogP) is 3.03. The van der Waals surface area contributed by atoms with Crippen molar-refractivity contribution in [2.45, 2.75) is 6.92 Å². The molecule has 0 aliphatic rings. The van der Waals surface area contributed by atoms with Crippen LogP contribution in [0.4, 0.5) is 0 Å². The van der Waals surface area contributed by atoms with E-state index in [-0.39, 0.29) is 5.56 Å². The molecule has 1 N–H and O–H groups in total. The number of nitrogens with one attached hydrogen (secondary N) is 1. The number of H-pyrrole nitrogens is 1. The Labute approximate surface area is 105 Å². The number of thiazole rings is 1. The summed E-state index contributed by atoms with van der Waals surface area (Å²) in [5.74, 6) is 0. The molecule has 0 radical (unpaired) electrons. The zero-order valence-electron chi connectivity index (χ0n) is 8.53. The average molecular weight is 297 g/mol. The number of rotatable bonds is 2. The van der Waals surface area contributed by atoms with Crippen molar-refractivity contribution in [3.63, 3.8) is 0 Å². The maximum atomic E-state index is 11.5. The Balaban J connectivity index is 2.39. The van der Waals surface area contributed by atoms with Gasteiger partial charge in [-0.25, -0.2) is 4.98 Å². The number of hydrogen-bond donors (Lipinski definition) is 1. The zero-order chi connectivity index (χ0) is 11.5. The standard InChI is InChI=1S/C11H9BrN2OS/c1-7-14-8(6-16-7)5-10(12)9-3-2-4-13-11(9)15/h2-6H,1H3,(H,13,15)/b10-5+. The van der Waals surface area contributed by atoms with Crippen LogP contribution in [-0.2, 0) is 0 Å². The first-order valence-corrected chi connectivity index (χ1v) is 6.31. The Morgan fingerprint density at radius 1 is 1.62 bits per heavy atom. The highest BCUT2D eigenvalue weighted by atomic mass is 79.9. The van der Waals surface area contributed by atoms with E-state index in [9.17, 15) is 4.79 Å². The van der Waals surface area contributed by atoms with E-state index in [1.54, 1.807) is 29.7 Å². The Morgan fingerprint density at radius 3 is 3.06 bits per heavy atom. The number of aromatic amines is 1. The summed E-state index contributed by atoms with van der Waals surface area (Å²) in [4.78, 5) is 18.4. The fourth-order valence-electron chi connectivity index (χ4n) is 1.26. The van der Waals surface area contributed by atoms with Gasteiger partial charge in [-0.2, -0.15) is 0 Å². The average Bonchev–Trinajstić information content (AvgIpc) is 2.64. The van der Waals surface area contributed by atoms with E-state index < -0.39 is 0 Å². The summed E-state index contributed by atoms with van der Waals surface area (Å²) in [6, 6.07) is 3.55. The molecule has 0 atom stereocenters. The smallest absolute Gasteiger partial charge is 0.256 e. The highest BCUT2D eigenvalue weighted by molar-refractivity contribution is 9.15. The van der Waals surface area contributed by atoms with Crippen molar-refractivity contribution in [1.82, 2.24) is 9.97 Å². The molecule has 2 aromatic rings. The summed E-state index contributed by atoms with van der Waals surface area (Å²) < 4.78 is 0.736. The Hall–Kier alpha value is -1.20. The van der Waals surface area contributed by atoms with Crippen LogP contribution in [0.2, 0.25) is 0 Å². The minimum absolute atomic E-state index is 0.113. The maximum Gasteiger partial charge on any atom is 0.256 e. The minimum atomic E-state index is -0.113. The topological polar surface area (TPSA) is 45.8 Å². The number of halogens is 1. The fraction of sp³-hybridized carbons (Fsp3) is 0.0909. The quantitative estimate of drug-likeness (QED) is 0.926. The largest absolute Gasteiger partial charge is 0.329 e. The Bertz CT molecular complexity index is 585. The van der Waals surface area contributed by atoms with Gasteiger partial charge in [0.15, 0.2) is 0 Å². The van der Waals surface area contributed by atoms with E-state index in [4.69, 9.17) is 0 Å². The highest BCUT2D eigenvalue weighted by Crippen LogP contribution is 2.21. The van der Waals surface area contributed by atoms with Crippen molar-refractivity contribution in [3.05, 3.63) is 50.3 Å². The molecule has 2 aromatic heterocycles. The Kier molecular flexibility index (Phi) is 3.36. The molecule has 0 aliphatic carbocycles. The SMILES string of the molecule is Cc1nc(/C=C(/Br)c2ccc[nH]c2=O)cs1. The van der Waals surface area contributed by atoms with Gasteiger partial charge in [0.1, 0.15) is 0 Å². The molecule has 2 heterocycles. The van der Waals surface area contributed by atoms with Crippen LogP contribution in [0.5, 0.6) is 0 Å². The summed E-state index contributed by atoms with van der Waals surface area (Å²) in [5.41, 5.74) is 1.35. The molecule has 0 spiro atoms. The van der Waals surface area contributed by atoms with E-state index in [1.165, 1.54) is 0 Å². The predicted molar refractivity (Wildman–Crippen MR) is 70.7 cm³/mol. The first-order chi connectivity index (χ1) is 7.66. The maximum absolute atomic E-state index is 11.5. The lowest BCUT2D eigenvalue weighted by atomic mass is 10.2. The van der Waals surface area contributed by atoms with E-state index in [0.717, 1.165) is 15.2 Å². The molecular weight excluding hydrogens is 288 g/mol. The summed E-state index contributed by atoms with van der Waals surface area (Å²) >= 11 is 4.97. The molecule has 0 aliphatic heterocycles. The van der Waals surface area contributed by atoms with E-state index in [2.05, 4.69) is 25.9 Å². The molecule has 0 fully saturated rings. The van der Waals surface area contributed by atoms with Gasteiger partial charge in [0.05, 0.1) is 16.3 Å². The van der Waals surface area contributed by atoms with Crippen LogP contribution in [-0.4, -0.2) is 9.97 Å². The van der Waals surface area contributed by atoms with Gasteiger partial charge in [0.25, 0.3) is 5.56 Å². The molecule has 16 heavy (non-hydrogen) atoms. The molecule has 0 amide bonds. The second-order valence-corrected chi connectivity index (χ2v) is 5.11. The zero-order valence-corrected chi connectivity index (χ0v) is 10.9. The van der Waals surface area contributed by atoms with E-state index >= 15 is 0 Å². The fourth-order valence-corrected chi connectivity index (χ4v) is 2.38. The third kappa shape index (κ3) is 2.48. The number of aromatic nitrogens is 2. The number of pyridine rings is 1. The molecule has 0 aromatic carbocycles. The van der Waals surface area contributed by atoms with Crippen molar-refractivity contribution < 1.29 is 0 Å². The molecule has 0 unspecified atom stereocenters. The van der Waals surface area contributed by atoms with Crippen molar-refractivity contribution in [3.8, 4) is 0 Å². The van der Waals surface area contributed by atoms with E-state index in [1.807, 2.05) is 18.4 Å². The first-order valence-electron chi connectivity index (χ1n) is 4.64. The van der Waals surface area contributed by atoms with Gasteiger partial charge >= 0.3 is 0 Å². The molecule has 0 saturated heterocycles. The monoisotopic (exact) mass is 296 g/mol. The van der Waals surface area contributed by atoms with Crippen LogP contribution in [0.15, 0.2) is 28.5 Å². The lowest BCUT2D eigenvalue weighted by Gasteiger charge is -1.96. The van der Waals surface area contributed by atoms with Gasteiger partial charge in [-0.3, -0.25) is 4.79 Å². The molecule has 5 heteroatoms. The van der Waals surface area contributed by atoms with Gasteiger partial charge in [-0.05, 0) is 41.1 Å². The first kappa shape index (κ1) is 11.3. The second-order valence-electron chi connectivity index (χ2n) is 3.20. The van der Waals surface area contributed by atoms with Crippen LogP contribution in [0.1, 0.15) is 16.3 Å². The van der Waals surface area contributed by atoms with Gasteiger partial charge < -0.3 is 4.98 Å². The summed E-state index contributed by atoms with van der Waals surface area (Å²) in [6.45, 7) is 1.95. The Morgan fingerprint density at radius 2 is 2.44 bits per heavy atom. The molecule has 3 nitrogen and oxygen atoms in total. The molecule has 0 bridgehead atoms. The van der Waals surface area contributed by atoms with Gasteiger partial charge in [-0.1, -0.05) is 0 Å². The van der Waals surface area contributed by atoms with Crippen LogP contribution in [0.25, 0.3) is 10.6 Å². The van der Waals surface area contributed by atoms with Crippen molar-refractivity contribution in [2.24, 2.45) is 0 Å². The summed E-state index contributed by atoms with van der Waals surface area (Å²) in [5, 5.41) is 2.96. The lowest BCUT2D eigenvalue weighted by Crippen LogP contribution is -2.08. The van der Waals surface area contributed by atoms with Gasteiger partial charge in [-0.15, -0.1) is 11.3 Å². The van der Waals surface area contributed by atoms with Crippen molar-refractivity contribution in [1.29, 1.82) is 0 Å². The van der Waals surface area contributed by atoms with Crippen molar-refractivity contribution in [2.75, 3.05) is 0 Å². The third-order valence-electron chi connectivity index (χ3n) is 1.99. The number of hydrogen-bond acceptors (Lipinski definition) is 3. The van der Waals surface area contributed by atoms with Crippen LogP contribution < -0.4 is 5.56 Å². The van der Waals surface area contributed by atoms with Gasteiger partial charge in [0, 0.05) is 16.1 Å². The third-order valence-corrected chi connectivity index (χ3v) is 3.43. The van der Waals surface area contributed by atoms with Crippen LogP contribution >= 0.6 is 27.3 Å². The van der Waals surface area contributed by atoms with Crippen LogP contribution in [0, 0.1) is 6.92 Å². The minimum Gasteiger partial charge on any atom is -0.329 e. The second kappa shape index (κ2) is 4.76. The molecule has 0 saturated carbocycles. The lowest BCUT2D eigenvalue weighted by molar-refractivity contribution is 1.22. The van der Waals surface area contributed by atoms with E-state index in [0.29, 0.717) is 5.56 Å². The molecule has 2 rings (SSSR count). The van der Waals surface area contributed by atoms with Crippen LogP contribution in [0.3, 0.4) is 0 Å². The highest BCUT2D eigenvalue weighted by Gasteiger charge is 2.03. The number of aryl methyl sites for hydroxylation is 1. The van der Waals surface area contributed by atoms with Gasteiger partial charge in [0.2, 0.25) is 0 Å². The normalized spacial score (nSPS) is 11.8. The summed E-state index contributed by atoms with van der Waals surface area (Å²) in [7, 11) is 0. The molecular formula is C11H9BrN2OS.